The van der Waals surface area contributed by atoms with Crippen molar-refractivity contribution in [3.63, 3.8) is 0 Å². The van der Waals surface area contributed by atoms with Gasteiger partial charge in [-0.25, -0.2) is 9.59 Å². The molecular formula is C25H26O8. The highest BCUT2D eigenvalue weighted by Crippen LogP contribution is 2.29. The molecule has 0 amide bonds. The maximum absolute atomic E-state index is 12.7. The molecule has 0 saturated heterocycles. The van der Waals surface area contributed by atoms with Crippen molar-refractivity contribution in [1.29, 1.82) is 0 Å². The number of esters is 3. The van der Waals surface area contributed by atoms with Gasteiger partial charge in [-0.1, -0.05) is 36.4 Å². The minimum absolute atomic E-state index is 0.249. The van der Waals surface area contributed by atoms with Crippen molar-refractivity contribution in [2.75, 3.05) is 13.2 Å². The molecule has 0 radical (unpaired) electrons. The lowest BCUT2D eigenvalue weighted by molar-refractivity contribution is -0.162. The molecule has 0 spiro atoms. The van der Waals surface area contributed by atoms with Crippen molar-refractivity contribution in [3.05, 3.63) is 83.4 Å². The number of hydrogen-bond donors (Lipinski definition) is 1. The molecule has 0 unspecified atom stereocenters. The number of rotatable bonds is 8. The summed E-state index contributed by atoms with van der Waals surface area (Å²) in [5.41, 5.74) is 0.960. The molecule has 2 aromatic rings. The van der Waals surface area contributed by atoms with Gasteiger partial charge in [0.15, 0.2) is 12.2 Å². The average Bonchev–Trinajstić information content (AvgIpc) is 2.82. The third-order valence-corrected chi connectivity index (χ3v) is 5.00. The van der Waals surface area contributed by atoms with E-state index in [9.17, 15) is 19.5 Å². The fraction of sp³-hybridized carbons (Fsp3) is 0.320. The van der Waals surface area contributed by atoms with Gasteiger partial charge in [0.2, 0.25) is 0 Å². The Balaban J connectivity index is 1.86. The van der Waals surface area contributed by atoms with Gasteiger partial charge in [-0.2, -0.15) is 0 Å². The van der Waals surface area contributed by atoms with E-state index in [0.717, 1.165) is 0 Å². The van der Waals surface area contributed by atoms with Gasteiger partial charge in [0.25, 0.3) is 0 Å². The van der Waals surface area contributed by atoms with E-state index >= 15 is 0 Å². The second kappa shape index (κ2) is 11.4. The monoisotopic (exact) mass is 454 g/mol. The largest absolute Gasteiger partial charge is 0.457 e. The van der Waals surface area contributed by atoms with Gasteiger partial charge >= 0.3 is 17.9 Å². The van der Waals surface area contributed by atoms with Crippen molar-refractivity contribution < 1.29 is 38.4 Å². The number of carbonyl (C=O) groups excluding carboxylic acids is 3. The first-order valence-electron chi connectivity index (χ1n) is 10.6. The molecule has 2 aromatic carbocycles. The topological polar surface area (TPSA) is 108 Å². The van der Waals surface area contributed by atoms with Crippen molar-refractivity contribution in [1.82, 2.24) is 0 Å². The van der Waals surface area contributed by atoms with Crippen LogP contribution in [0.1, 0.15) is 34.6 Å². The van der Waals surface area contributed by atoms with E-state index in [1.807, 2.05) is 0 Å². The van der Waals surface area contributed by atoms with E-state index in [1.54, 1.807) is 67.6 Å². The molecular weight excluding hydrogens is 428 g/mol. The molecule has 0 bridgehead atoms. The molecule has 3 rings (SSSR count). The third-order valence-electron chi connectivity index (χ3n) is 5.00. The van der Waals surface area contributed by atoms with Crippen LogP contribution in [-0.2, 0) is 23.7 Å². The summed E-state index contributed by atoms with van der Waals surface area (Å²) in [7, 11) is 0. The van der Waals surface area contributed by atoms with Crippen LogP contribution >= 0.6 is 0 Å². The second-order valence-electron chi connectivity index (χ2n) is 7.36. The first kappa shape index (κ1) is 24.2. The Morgan fingerprint density at radius 3 is 2.00 bits per heavy atom. The standard InChI is InChI=1S/C25H26O8/c1-3-30-20-14-19(15-31-24(28)17-10-6-4-7-11-17)22(32-16(2)26)23(21(20)27)33-25(29)18-12-8-5-9-13-18/h4-14,20-23,27H,3,15H2,1-2H3/t20-,21+,22+,23+/m0/s1. The summed E-state index contributed by atoms with van der Waals surface area (Å²) in [6, 6.07) is 16.6. The molecule has 1 N–H and O–H groups in total. The average molecular weight is 454 g/mol. The van der Waals surface area contributed by atoms with Crippen molar-refractivity contribution in [2.45, 2.75) is 38.3 Å². The lowest BCUT2D eigenvalue weighted by atomic mass is 9.89. The number of benzene rings is 2. The molecule has 33 heavy (non-hydrogen) atoms. The van der Waals surface area contributed by atoms with E-state index in [1.165, 1.54) is 13.0 Å². The van der Waals surface area contributed by atoms with Crippen LogP contribution in [-0.4, -0.2) is 60.6 Å². The zero-order chi connectivity index (χ0) is 23.8. The van der Waals surface area contributed by atoms with Crippen LogP contribution < -0.4 is 0 Å². The third kappa shape index (κ3) is 6.27. The van der Waals surface area contributed by atoms with E-state index in [2.05, 4.69) is 0 Å². The quantitative estimate of drug-likeness (QED) is 0.369. The SMILES string of the molecule is CCO[C@H]1C=C(COC(=O)c2ccccc2)[C@@H](OC(C)=O)[C@H](OC(=O)c2ccccc2)[C@@H]1O. The first-order valence-corrected chi connectivity index (χ1v) is 10.6. The van der Waals surface area contributed by atoms with Crippen molar-refractivity contribution in [2.24, 2.45) is 0 Å². The van der Waals surface area contributed by atoms with Crippen LogP contribution in [0.2, 0.25) is 0 Å². The Hall–Kier alpha value is -3.49. The predicted molar refractivity (Wildman–Crippen MR) is 117 cm³/mol. The van der Waals surface area contributed by atoms with Crippen molar-refractivity contribution >= 4 is 17.9 Å². The van der Waals surface area contributed by atoms with E-state index in [-0.39, 0.29) is 18.8 Å². The van der Waals surface area contributed by atoms with Crippen LogP contribution in [0.15, 0.2) is 72.3 Å². The predicted octanol–water partition coefficient (Wildman–Crippen LogP) is 2.71. The number of aliphatic hydroxyl groups is 1. The summed E-state index contributed by atoms with van der Waals surface area (Å²) in [5.74, 6) is -1.92. The Morgan fingerprint density at radius 1 is 0.879 bits per heavy atom. The zero-order valence-corrected chi connectivity index (χ0v) is 18.4. The van der Waals surface area contributed by atoms with Crippen molar-refractivity contribution in [3.8, 4) is 0 Å². The normalized spacial score (nSPS) is 22.1. The second-order valence-corrected chi connectivity index (χ2v) is 7.36. The summed E-state index contributed by atoms with van der Waals surface area (Å²) < 4.78 is 22.0. The molecule has 0 heterocycles. The number of hydrogen-bond acceptors (Lipinski definition) is 8. The number of aliphatic hydroxyl groups excluding tert-OH is 1. The van der Waals surface area contributed by atoms with Gasteiger partial charge in [0.05, 0.1) is 11.1 Å². The Morgan fingerprint density at radius 2 is 1.45 bits per heavy atom. The Labute approximate surface area is 191 Å². The summed E-state index contributed by atoms with van der Waals surface area (Å²) in [4.78, 5) is 36.9. The number of ether oxygens (including phenoxy) is 4. The fourth-order valence-electron chi connectivity index (χ4n) is 3.48. The van der Waals surface area contributed by atoms with Gasteiger partial charge in [0, 0.05) is 19.1 Å². The van der Waals surface area contributed by atoms with Gasteiger partial charge in [-0.3, -0.25) is 4.79 Å². The zero-order valence-electron chi connectivity index (χ0n) is 18.4. The Kier molecular flexibility index (Phi) is 8.34. The molecule has 0 aromatic heterocycles. The molecule has 4 atom stereocenters. The summed E-state index contributed by atoms with van der Waals surface area (Å²) in [6.45, 7) is 2.97. The van der Waals surface area contributed by atoms with Crippen LogP contribution in [0.5, 0.6) is 0 Å². The van der Waals surface area contributed by atoms with Crippen LogP contribution in [0.25, 0.3) is 0 Å². The molecule has 8 heteroatoms. The highest BCUT2D eigenvalue weighted by molar-refractivity contribution is 5.90. The Bertz CT molecular complexity index is 986. The molecule has 0 fully saturated rings. The minimum atomic E-state index is -1.31. The molecule has 1 aliphatic carbocycles. The van der Waals surface area contributed by atoms with Gasteiger partial charge in [-0.05, 0) is 37.3 Å². The fourth-order valence-corrected chi connectivity index (χ4v) is 3.48. The minimum Gasteiger partial charge on any atom is -0.457 e. The van der Waals surface area contributed by atoms with E-state index < -0.39 is 42.3 Å². The van der Waals surface area contributed by atoms with E-state index in [4.69, 9.17) is 18.9 Å². The summed E-state index contributed by atoms with van der Waals surface area (Å²) >= 11 is 0. The number of carbonyl (C=O) groups is 3. The van der Waals surface area contributed by atoms with Crippen LogP contribution in [0, 0.1) is 0 Å². The van der Waals surface area contributed by atoms with Crippen LogP contribution in [0.3, 0.4) is 0 Å². The molecule has 0 saturated carbocycles. The smallest absolute Gasteiger partial charge is 0.338 e. The highest BCUT2D eigenvalue weighted by atomic mass is 16.6. The van der Waals surface area contributed by atoms with E-state index in [0.29, 0.717) is 11.1 Å². The van der Waals surface area contributed by atoms with Gasteiger partial charge in [-0.15, -0.1) is 0 Å². The summed E-state index contributed by atoms with van der Waals surface area (Å²) in [6.07, 6.45) is -3.07. The molecule has 8 nitrogen and oxygen atoms in total. The maximum Gasteiger partial charge on any atom is 0.338 e. The highest BCUT2D eigenvalue weighted by Gasteiger charge is 2.45. The summed E-state index contributed by atoms with van der Waals surface area (Å²) in [5, 5.41) is 10.9. The van der Waals surface area contributed by atoms with Crippen LogP contribution in [0.4, 0.5) is 0 Å². The maximum atomic E-state index is 12.7. The van der Waals surface area contributed by atoms with Gasteiger partial charge in [0.1, 0.15) is 18.8 Å². The lowest BCUT2D eigenvalue weighted by Gasteiger charge is -2.38. The molecule has 174 valence electrons. The molecule has 0 aliphatic heterocycles. The lowest BCUT2D eigenvalue weighted by Crippen LogP contribution is -2.53. The first-order chi connectivity index (χ1) is 15.9. The molecule has 1 aliphatic rings. The van der Waals surface area contributed by atoms with Gasteiger partial charge < -0.3 is 24.1 Å².